The molecule has 6 heteroatoms. The van der Waals surface area contributed by atoms with Gasteiger partial charge in [0.05, 0.1) is 24.5 Å². The van der Waals surface area contributed by atoms with Crippen LogP contribution in [0.25, 0.3) is 22.4 Å². The third-order valence-corrected chi connectivity index (χ3v) is 5.77. The lowest BCUT2D eigenvalue weighted by atomic mass is 9.99. The summed E-state index contributed by atoms with van der Waals surface area (Å²) in [5.74, 6) is 1.28. The zero-order valence-corrected chi connectivity index (χ0v) is 19.2. The fourth-order valence-corrected chi connectivity index (χ4v) is 4.18. The maximum absolute atomic E-state index is 11.6. The van der Waals surface area contributed by atoms with Crippen LogP contribution in [0, 0.1) is 11.3 Å². The van der Waals surface area contributed by atoms with Gasteiger partial charge in [0.25, 0.3) is 0 Å². The van der Waals surface area contributed by atoms with Crippen LogP contribution in [-0.4, -0.2) is 29.9 Å². The van der Waals surface area contributed by atoms with E-state index in [4.69, 9.17) is 14.5 Å². The number of esters is 1. The Kier molecular flexibility index (Phi) is 8.70. The molecule has 3 aromatic rings. The monoisotopic (exact) mass is 446 g/mol. The van der Waals surface area contributed by atoms with E-state index in [-0.39, 0.29) is 5.97 Å². The van der Waals surface area contributed by atoms with E-state index in [1.54, 1.807) is 6.92 Å². The lowest BCUT2D eigenvalue weighted by molar-refractivity contribution is -0.143. The van der Waals surface area contributed by atoms with Crippen LogP contribution in [0.5, 0.6) is 5.75 Å². The second kappa shape index (κ2) is 11.9. The third-order valence-electron chi connectivity index (χ3n) is 4.71. The number of ether oxygens (including phenoxy) is 2. The quantitative estimate of drug-likeness (QED) is 0.212. The maximum atomic E-state index is 11.6. The van der Waals surface area contributed by atoms with E-state index in [0.29, 0.717) is 42.4 Å². The second-order valence-electron chi connectivity index (χ2n) is 6.93. The molecule has 0 amide bonds. The number of pyridine rings is 1. The van der Waals surface area contributed by atoms with E-state index in [9.17, 15) is 10.1 Å². The van der Waals surface area contributed by atoms with Gasteiger partial charge in [0, 0.05) is 23.3 Å². The SMILES string of the molecule is CCOC(=O)CCCSc1nc(-c2ccc(OCC)cc2)cc(-c2ccccc2)c1C#N. The van der Waals surface area contributed by atoms with Crippen LogP contribution in [0.1, 0.15) is 32.3 Å². The first-order valence-corrected chi connectivity index (χ1v) is 11.7. The first kappa shape index (κ1) is 23.4. The summed E-state index contributed by atoms with van der Waals surface area (Å²) in [5, 5.41) is 10.6. The van der Waals surface area contributed by atoms with E-state index in [1.807, 2.05) is 67.6 Å². The van der Waals surface area contributed by atoms with Gasteiger partial charge in [-0.1, -0.05) is 30.3 Å². The van der Waals surface area contributed by atoms with Crippen molar-refractivity contribution in [3.8, 4) is 34.2 Å². The highest BCUT2D eigenvalue weighted by molar-refractivity contribution is 7.99. The van der Waals surface area contributed by atoms with Crippen LogP contribution >= 0.6 is 11.8 Å². The molecular weight excluding hydrogens is 420 g/mol. The Hall–Kier alpha value is -3.30. The smallest absolute Gasteiger partial charge is 0.305 e. The zero-order valence-electron chi connectivity index (χ0n) is 18.3. The van der Waals surface area contributed by atoms with Crippen molar-refractivity contribution >= 4 is 17.7 Å². The first-order valence-electron chi connectivity index (χ1n) is 10.7. The van der Waals surface area contributed by atoms with Crippen molar-refractivity contribution in [1.29, 1.82) is 5.26 Å². The van der Waals surface area contributed by atoms with E-state index >= 15 is 0 Å². The van der Waals surface area contributed by atoms with Crippen LogP contribution < -0.4 is 4.74 Å². The fourth-order valence-electron chi connectivity index (χ4n) is 3.23. The van der Waals surface area contributed by atoms with Gasteiger partial charge in [-0.25, -0.2) is 4.98 Å². The summed E-state index contributed by atoms with van der Waals surface area (Å²) in [4.78, 5) is 16.4. The number of nitriles is 1. The number of thioether (sulfide) groups is 1. The molecule has 1 aromatic heterocycles. The summed E-state index contributed by atoms with van der Waals surface area (Å²) >= 11 is 1.49. The lowest BCUT2D eigenvalue weighted by Crippen LogP contribution is -2.04. The molecule has 0 radical (unpaired) electrons. The third kappa shape index (κ3) is 6.12. The van der Waals surface area contributed by atoms with E-state index in [2.05, 4.69) is 6.07 Å². The van der Waals surface area contributed by atoms with Gasteiger partial charge in [-0.2, -0.15) is 5.26 Å². The Morgan fingerprint density at radius 3 is 2.44 bits per heavy atom. The molecule has 0 unspecified atom stereocenters. The molecule has 0 spiro atoms. The van der Waals surface area contributed by atoms with E-state index < -0.39 is 0 Å². The van der Waals surface area contributed by atoms with Crippen molar-refractivity contribution in [2.24, 2.45) is 0 Å². The summed E-state index contributed by atoms with van der Waals surface area (Å²) in [6, 6.07) is 22.0. The fraction of sp³-hybridized carbons (Fsp3) is 0.269. The molecule has 1 heterocycles. The Labute approximate surface area is 193 Å². The Morgan fingerprint density at radius 1 is 1.03 bits per heavy atom. The number of carbonyl (C=O) groups excluding carboxylic acids is 1. The molecule has 3 rings (SSSR count). The second-order valence-corrected chi connectivity index (χ2v) is 8.01. The van der Waals surface area contributed by atoms with Crippen molar-refractivity contribution in [3.05, 3.63) is 66.2 Å². The van der Waals surface area contributed by atoms with Gasteiger partial charge < -0.3 is 9.47 Å². The molecule has 0 N–H and O–H groups in total. The topological polar surface area (TPSA) is 72.2 Å². The van der Waals surface area contributed by atoms with Crippen molar-refractivity contribution in [2.45, 2.75) is 31.7 Å². The van der Waals surface area contributed by atoms with E-state index in [0.717, 1.165) is 28.1 Å². The highest BCUT2D eigenvalue weighted by atomic mass is 32.2. The number of nitrogens with zero attached hydrogens (tertiary/aromatic N) is 2. The minimum atomic E-state index is -0.199. The molecule has 32 heavy (non-hydrogen) atoms. The molecule has 0 aliphatic heterocycles. The van der Waals surface area contributed by atoms with Crippen LogP contribution in [0.15, 0.2) is 65.7 Å². The number of hydrogen-bond donors (Lipinski definition) is 0. The highest BCUT2D eigenvalue weighted by Gasteiger charge is 2.16. The Morgan fingerprint density at radius 2 is 1.78 bits per heavy atom. The van der Waals surface area contributed by atoms with Gasteiger partial charge in [0.15, 0.2) is 0 Å². The summed E-state index contributed by atoms with van der Waals surface area (Å²) < 4.78 is 10.5. The normalized spacial score (nSPS) is 10.4. The van der Waals surface area contributed by atoms with Gasteiger partial charge in [0.1, 0.15) is 16.8 Å². The molecule has 0 saturated heterocycles. The number of carbonyl (C=O) groups is 1. The average Bonchev–Trinajstić information content (AvgIpc) is 2.83. The molecule has 0 fully saturated rings. The van der Waals surface area contributed by atoms with Crippen LogP contribution in [-0.2, 0) is 9.53 Å². The van der Waals surface area contributed by atoms with Gasteiger partial charge in [-0.15, -0.1) is 11.8 Å². The summed E-state index contributed by atoms with van der Waals surface area (Å²) in [5.41, 5.74) is 4.10. The predicted molar refractivity (Wildman–Crippen MR) is 128 cm³/mol. The molecule has 0 saturated carbocycles. The molecule has 5 nitrogen and oxygen atoms in total. The lowest BCUT2D eigenvalue weighted by Gasteiger charge is -2.13. The number of rotatable bonds is 10. The van der Waals surface area contributed by atoms with Gasteiger partial charge in [0.2, 0.25) is 0 Å². The van der Waals surface area contributed by atoms with Crippen molar-refractivity contribution in [1.82, 2.24) is 4.98 Å². The predicted octanol–water partition coefficient (Wildman–Crippen LogP) is 6.12. The summed E-state index contributed by atoms with van der Waals surface area (Å²) in [7, 11) is 0. The largest absolute Gasteiger partial charge is 0.494 e. The zero-order chi connectivity index (χ0) is 22.8. The van der Waals surface area contributed by atoms with Crippen molar-refractivity contribution in [3.63, 3.8) is 0 Å². The van der Waals surface area contributed by atoms with Crippen LogP contribution in [0.3, 0.4) is 0 Å². The number of hydrogen-bond acceptors (Lipinski definition) is 6. The molecule has 2 aromatic carbocycles. The summed E-state index contributed by atoms with van der Waals surface area (Å²) in [6.45, 7) is 4.75. The Bertz CT molecular complexity index is 1080. The Balaban J connectivity index is 1.94. The number of aromatic nitrogens is 1. The highest BCUT2D eigenvalue weighted by Crippen LogP contribution is 2.34. The molecule has 0 aliphatic rings. The van der Waals surface area contributed by atoms with Gasteiger partial charge >= 0.3 is 5.97 Å². The molecule has 0 atom stereocenters. The first-order chi connectivity index (χ1) is 15.7. The minimum absolute atomic E-state index is 0.199. The molecule has 164 valence electrons. The van der Waals surface area contributed by atoms with Crippen LogP contribution in [0.2, 0.25) is 0 Å². The number of benzene rings is 2. The minimum Gasteiger partial charge on any atom is -0.494 e. The standard InChI is InChI=1S/C26H26N2O3S/c1-3-30-21-14-12-20(13-15-21)24-17-22(19-9-6-5-7-10-19)23(18-27)26(28-24)32-16-8-11-25(29)31-4-2/h5-7,9-10,12-15,17H,3-4,8,11,16H2,1-2H3. The van der Waals surface area contributed by atoms with Crippen molar-refractivity contribution in [2.75, 3.05) is 19.0 Å². The average molecular weight is 447 g/mol. The van der Waals surface area contributed by atoms with Gasteiger partial charge in [-0.3, -0.25) is 4.79 Å². The van der Waals surface area contributed by atoms with E-state index in [1.165, 1.54) is 11.8 Å². The van der Waals surface area contributed by atoms with Crippen molar-refractivity contribution < 1.29 is 14.3 Å². The van der Waals surface area contributed by atoms with Crippen LogP contribution in [0.4, 0.5) is 0 Å². The molecular formula is C26H26N2O3S. The molecule has 0 bridgehead atoms. The molecule has 0 aliphatic carbocycles. The summed E-state index contributed by atoms with van der Waals surface area (Å²) in [6.07, 6.45) is 1.01. The maximum Gasteiger partial charge on any atom is 0.305 e. The van der Waals surface area contributed by atoms with Gasteiger partial charge in [-0.05, 0) is 56.2 Å².